The van der Waals surface area contributed by atoms with Crippen molar-refractivity contribution in [2.24, 2.45) is 7.05 Å². The average molecular weight is 480 g/mol. The van der Waals surface area contributed by atoms with Crippen molar-refractivity contribution in [1.29, 1.82) is 0 Å². The number of benzene rings is 3. The number of hydrogen-bond donors (Lipinski definition) is 3. The summed E-state index contributed by atoms with van der Waals surface area (Å²) in [5.74, 6) is 1.46. The van der Waals surface area contributed by atoms with Gasteiger partial charge in [-0.25, -0.2) is 0 Å². The summed E-state index contributed by atoms with van der Waals surface area (Å²) in [4.78, 5) is 16.8. The first-order chi connectivity index (χ1) is 17.6. The highest BCUT2D eigenvalue weighted by Gasteiger charge is 2.34. The number of carbonyl (C=O) groups excluding carboxylic acids is 1. The van der Waals surface area contributed by atoms with Crippen molar-refractivity contribution < 1.29 is 14.3 Å². The van der Waals surface area contributed by atoms with Gasteiger partial charge in [-0.1, -0.05) is 0 Å². The van der Waals surface area contributed by atoms with E-state index in [1.165, 1.54) is 5.56 Å². The van der Waals surface area contributed by atoms with E-state index in [9.17, 15) is 4.79 Å². The van der Waals surface area contributed by atoms with Crippen molar-refractivity contribution in [1.82, 2.24) is 20.1 Å². The Labute approximate surface area is 207 Å². The van der Waals surface area contributed by atoms with Gasteiger partial charge in [0.1, 0.15) is 11.5 Å². The number of fused-ring (bicyclic) bond motifs is 10. The molecule has 36 heavy (non-hydrogen) atoms. The Balaban J connectivity index is 1.45. The molecule has 0 saturated heterocycles. The molecule has 8 heteroatoms. The number of aromatic amines is 1. The molecule has 2 aliphatic rings. The van der Waals surface area contributed by atoms with Gasteiger partial charge >= 0.3 is 0 Å². The van der Waals surface area contributed by atoms with Gasteiger partial charge in [0.25, 0.3) is 5.91 Å². The van der Waals surface area contributed by atoms with E-state index in [4.69, 9.17) is 9.47 Å². The zero-order chi connectivity index (χ0) is 24.6. The number of anilines is 2. The van der Waals surface area contributed by atoms with E-state index in [0.29, 0.717) is 6.54 Å². The fraction of sp³-hybridized carbons (Fsp3) is 0.214. The van der Waals surface area contributed by atoms with Gasteiger partial charge in [-0.3, -0.25) is 9.48 Å². The van der Waals surface area contributed by atoms with Gasteiger partial charge in [0.15, 0.2) is 0 Å². The van der Waals surface area contributed by atoms with Crippen LogP contribution in [0.4, 0.5) is 11.4 Å². The van der Waals surface area contributed by atoms with Crippen LogP contribution in [0.5, 0.6) is 11.5 Å². The van der Waals surface area contributed by atoms with Crippen LogP contribution >= 0.6 is 0 Å². The molecule has 3 aromatic carbocycles. The molecule has 3 N–H and O–H groups in total. The van der Waals surface area contributed by atoms with E-state index in [2.05, 4.69) is 32.8 Å². The molecule has 8 nitrogen and oxygen atoms in total. The summed E-state index contributed by atoms with van der Waals surface area (Å²) >= 11 is 0. The Morgan fingerprint density at radius 2 is 1.92 bits per heavy atom. The van der Waals surface area contributed by atoms with Crippen molar-refractivity contribution in [2.45, 2.75) is 19.4 Å². The topological polar surface area (TPSA) is 93.2 Å². The van der Waals surface area contributed by atoms with E-state index in [-0.39, 0.29) is 5.91 Å². The quantitative estimate of drug-likeness (QED) is 0.344. The highest BCUT2D eigenvalue weighted by Crippen LogP contribution is 2.46. The molecule has 1 aliphatic heterocycles. The van der Waals surface area contributed by atoms with Crippen molar-refractivity contribution in [3.63, 3.8) is 0 Å². The summed E-state index contributed by atoms with van der Waals surface area (Å²) < 4.78 is 12.8. The summed E-state index contributed by atoms with van der Waals surface area (Å²) in [5, 5.41) is 13.4. The van der Waals surface area contributed by atoms with E-state index in [1.54, 1.807) is 14.2 Å². The molecular formula is C28H25N5O3. The molecule has 2 aromatic heterocycles. The van der Waals surface area contributed by atoms with Crippen LogP contribution in [0.3, 0.4) is 0 Å². The fourth-order valence-corrected chi connectivity index (χ4v) is 5.83. The lowest BCUT2D eigenvalue weighted by atomic mass is 9.83. The summed E-state index contributed by atoms with van der Waals surface area (Å²) in [6.07, 6.45) is 3.74. The third kappa shape index (κ3) is 2.87. The van der Waals surface area contributed by atoms with E-state index in [0.717, 1.165) is 85.5 Å². The van der Waals surface area contributed by atoms with Crippen LogP contribution in [-0.4, -0.2) is 34.9 Å². The second-order valence-electron chi connectivity index (χ2n) is 9.38. The highest BCUT2D eigenvalue weighted by molar-refractivity contribution is 6.19. The molecule has 0 bridgehead atoms. The minimum atomic E-state index is -0.00963. The zero-order valence-corrected chi connectivity index (χ0v) is 20.3. The molecular weight excluding hydrogens is 454 g/mol. The number of hydrogen-bond acceptors (Lipinski definition) is 5. The molecule has 0 atom stereocenters. The van der Waals surface area contributed by atoms with Crippen molar-refractivity contribution in [3.8, 4) is 22.6 Å². The largest absolute Gasteiger partial charge is 0.497 e. The molecule has 0 fully saturated rings. The fourth-order valence-electron chi connectivity index (χ4n) is 5.83. The van der Waals surface area contributed by atoms with Gasteiger partial charge in [0.05, 0.1) is 36.7 Å². The standard InChI is InChI=1S/C28H25N5O3/c1-33-13-19-21(32-33)8-6-16-24(19)26-18(12-29-28(26)34)25-17-10-14(4-7-20(17)31-27(16)25)30-22-11-15(35-2)5-9-23(22)36-3/h4-5,7,9-11,13,30-31H,6,8,12H2,1-3H3,(H,29,34). The van der Waals surface area contributed by atoms with Gasteiger partial charge in [-0.15, -0.1) is 0 Å². The minimum Gasteiger partial charge on any atom is -0.497 e. The number of nitrogens with zero attached hydrogens (tertiary/aromatic N) is 2. The monoisotopic (exact) mass is 479 g/mol. The van der Waals surface area contributed by atoms with Crippen LogP contribution in [0.1, 0.15) is 27.2 Å². The Hall–Kier alpha value is -4.46. The average Bonchev–Trinajstić information content (AvgIpc) is 3.57. The Morgan fingerprint density at radius 3 is 2.75 bits per heavy atom. The number of aromatic nitrogens is 3. The van der Waals surface area contributed by atoms with Crippen LogP contribution in [0.2, 0.25) is 0 Å². The number of nitrogens with one attached hydrogen (secondary N) is 3. The van der Waals surface area contributed by atoms with Gasteiger partial charge < -0.3 is 25.1 Å². The summed E-state index contributed by atoms with van der Waals surface area (Å²) in [7, 11) is 5.24. The number of aryl methyl sites for hydroxylation is 3. The van der Waals surface area contributed by atoms with Crippen molar-refractivity contribution in [2.75, 3.05) is 19.5 Å². The van der Waals surface area contributed by atoms with Crippen LogP contribution < -0.4 is 20.1 Å². The number of ether oxygens (including phenoxy) is 2. The molecule has 0 saturated carbocycles. The first-order valence-electron chi connectivity index (χ1n) is 12.0. The molecule has 0 spiro atoms. The lowest BCUT2D eigenvalue weighted by molar-refractivity contribution is 0.0966. The van der Waals surface area contributed by atoms with Crippen LogP contribution in [0.15, 0.2) is 42.6 Å². The normalized spacial score (nSPS) is 13.9. The number of carbonyl (C=O) groups is 1. The van der Waals surface area contributed by atoms with E-state index >= 15 is 0 Å². The number of H-pyrrole nitrogens is 1. The number of rotatable bonds is 4. The highest BCUT2D eigenvalue weighted by atomic mass is 16.5. The Morgan fingerprint density at radius 1 is 1.03 bits per heavy atom. The maximum atomic E-state index is 13.1. The maximum absolute atomic E-state index is 13.1. The second kappa shape index (κ2) is 7.52. The van der Waals surface area contributed by atoms with Crippen molar-refractivity contribution >= 4 is 39.1 Å². The van der Waals surface area contributed by atoms with Crippen LogP contribution in [0, 0.1) is 0 Å². The summed E-state index contributed by atoms with van der Waals surface area (Å²) in [5.41, 5.74) is 10.1. The molecule has 3 heterocycles. The molecule has 0 radical (unpaired) electrons. The van der Waals surface area contributed by atoms with Crippen molar-refractivity contribution in [3.05, 3.63) is 65.0 Å². The SMILES string of the molecule is COc1ccc(OC)c(Nc2ccc3[nH]c4c5c(c6c(c4c3c2)CNC6=O)-c2cn(C)nc2CC5)c1. The lowest BCUT2D eigenvalue weighted by Gasteiger charge is -2.19. The second-order valence-corrected chi connectivity index (χ2v) is 9.38. The smallest absolute Gasteiger partial charge is 0.252 e. The van der Waals surface area contributed by atoms with Crippen LogP contribution in [-0.2, 0) is 26.4 Å². The van der Waals surface area contributed by atoms with Gasteiger partial charge in [-0.05, 0) is 54.3 Å². The van der Waals surface area contributed by atoms with Gasteiger partial charge in [0, 0.05) is 59.0 Å². The first-order valence-corrected chi connectivity index (χ1v) is 12.0. The molecule has 1 aliphatic carbocycles. The Bertz CT molecular complexity index is 1730. The predicted molar refractivity (Wildman–Crippen MR) is 139 cm³/mol. The third-order valence-electron chi connectivity index (χ3n) is 7.38. The zero-order valence-electron chi connectivity index (χ0n) is 20.3. The van der Waals surface area contributed by atoms with E-state index in [1.807, 2.05) is 42.2 Å². The first kappa shape index (κ1) is 20.9. The Kier molecular flexibility index (Phi) is 4.36. The van der Waals surface area contributed by atoms with Crippen LogP contribution in [0.25, 0.3) is 32.9 Å². The molecule has 7 rings (SSSR count). The maximum Gasteiger partial charge on any atom is 0.252 e. The van der Waals surface area contributed by atoms with E-state index < -0.39 is 0 Å². The molecule has 180 valence electrons. The molecule has 1 amide bonds. The lowest BCUT2D eigenvalue weighted by Crippen LogP contribution is -2.15. The number of amides is 1. The predicted octanol–water partition coefficient (Wildman–Crippen LogP) is 4.82. The number of methoxy groups -OCH3 is 2. The van der Waals surface area contributed by atoms with Gasteiger partial charge in [0.2, 0.25) is 0 Å². The molecule has 5 aromatic rings. The minimum absolute atomic E-state index is 0.00963. The molecule has 0 unspecified atom stereocenters. The summed E-state index contributed by atoms with van der Waals surface area (Å²) in [6, 6.07) is 11.9. The van der Waals surface area contributed by atoms with Gasteiger partial charge in [-0.2, -0.15) is 5.10 Å². The summed E-state index contributed by atoms with van der Waals surface area (Å²) in [6.45, 7) is 0.516. The third-order valence-corrected chi connectivity index (χ3v) is 7.38.